The van der Waals surface area contributed by atoms with Crippen LogP contribution in [0.1, 0.15) is 37.6 Å². The number of aryl methyl sites for hydroxylation is 1. The molecule has 0 N–H and O–H groups in total. The van der Waals surface area contributed by atoms with Crippen molar-refractivity contribution < 1.29 is 8.99 Å². The van der Waals surface area contributed by atoms with Crippen molar-refractivity contribution in [1.82, 2.24) is 0 Å². The molecule has 1 aromatic heterocycles. The van der Waals surface area contributed by atoms with E-state index in [4.69, 9.17) is 4.43 Å². The summed E-state index contributed by atoms with van der Waals surface area (Å²) in [5.41, 5.74) is 3.73. The van der Waals surface area contributed by atoms with Crippen molar-refractivity contribution in [3.8, 4) is 0 Å². The van der Waals surface area contributed by atoms with E-state index in [1.54, 1.807) is 0 Å². The largest absolute Gasteiger partial charge is 0.397 e. The van der Waals surface area contributed by atoms with Crippen molar-refractivity contribution in [2.75, 3.05) is 0 Å². The van der Waals surface area contributed by atoms with Crippen LogP contribution in [0.5, 0.6) is 0 Å². The lowest BCUT2D eigenvalue weighted by Crippen LogP contribution is -2.66. The van der Waals surface area contributed by atoms with E-state index in [9.17, 15) is 0 Å². The Morgan fingerprint density at radius 2 is 1.21 bits per heavy atom. The smallest absolute Gasteiger partial charge is 0.261 e. The van der Waals surface area contributed by atoms with Crippen LogP contribution in [-0.2, 0) is 17.6 Å². The second-order valence-electron chi connectivity index (χ2n) is 9.76. The predicted octanol–water partition coefficient (Wildman–Crippen LogP) is 5.41. The average Bonchev–Trinajstić information content (AvgIpc) is 2.82. The highest BCUT2D eigenvalue weighted by molar-refractivity contribution is 6.99. The summed E-state index contributed by atoms with van der Waals surface area (Å²) in [4.78, 5) is 0. The maximum Gasteiger partial charge on any atom is 0.261 e. The van der Waals surface area contributed by atoms with Crippen LogP contribution < -0.4 is 14.9 Å². The molecule has 0 fully saturated rings. The van der Waals surface area contributed by atoms with E-state index in [1.165, 1.54) is 27.2 Å². The molecule has 0 radical (unpaired) electrons. The van der Waals surface area contributed by atoms with Crippen molar-refractivity contribution in [3.05, 3.63) is 126 Å². The van der Waals surface area contributed by atoms with Gasteiger partial charge in [-0.1, -0.05) is 112 Å². The lowest BCUT2D eigenvalue weighted by atomic mass is 10.2. The van der Waals surface area contributed by atoms with E-state index < -0.39 is 8.32 Å². The Hall–Kier alpha value is -3.01. The fraction of sp³-hybridized carbons (Fsp3) is 0.233. The number of hydrogen-bond acceptors (Lipinski definition) is 1. The number of hydrogen-bond donors (Lipinski definition) is 0. The molecule has 4 aromatic rings. The number of aromatic nitrogens is 1. The number of nitrogens with zero attached hydrogens (tertiary/aromatic N) is 1. The molecular weight excluding hydrogens is 418 g/mol. The Morgan fingerprint density at radius 1 is 0.697 bits per heavy atom. The third-order valence-electron chi connectivity index (χ3n) is 6.32. The first kappa shape index (κ1) is 23.2. The van der Waals surface area contributed by atoms with Crippen molar-refractivity contribution in [2.45, 2.75) is 45.9 Å². The zero-order chi connectivity index (χ0) is 23.3. The van der Waals surface area contributed by atoms with Gasteiger partial charge in [-0.25, -0.2) is 0 Å². The Morgan fingerprint density at radius 3 is 1.73 bits per heavy atom. The standard InChI is InChI=1S/C30H34NOSi/c1-25-20-21-27(31(22-25)23-26-14-8-5-9-15-26)24-32-33(30(2,3)4,28-16-10-6-11-17-28)29-18-12-7-13-19-29/h5-22H,23-24H2,1-4H3/q+1. The van der Waals surface area contributed by atoms with E-state index in [0.717, 1.165) is 6.54 Å². The second kappa shape index (κ2) is 9.86. The summed E-state index contributed by atoms with van der Waals surface area (Å²) in [7, 11) is -2.57. The first-order valence-corrected chi connectivity index (χ1v) is 13.6. The molecule has 0 unspecified atom stereocenters. The number of rotatable bonds is 7. The molecule has 4 rings (SSSR count). The monoisotopic (exact) mass is 452 g/mol. The molecule has 0 amide bonds. The summed E-state index contributed by atoms with van der Waals surface area (Å²) in [5.74, 6) is 0. The van der Waals surface area contributed by atoms with Crippen LogP contribution in [0.3, 0.4) is 0 Å². The van der Waals surface area contributed by atoms with Gasteiger partial charge in [-0.3, -0.25) is 0 Å². The first-order chi connectivity index (χ1) is 15.9. The van der Waals surface area contributed by atoms with E-state index in [0.29, 0.717) is 6.61 Å². The van der Waals surface area contributed by atoms with Crippen LogP contribution in [0.15, 0.2) is 109 Å². The van der Waals surface area contributed by atoms with E-state index in [-0.39, 0.29) is 5.04 Å². The van der Waals surface area contributed by atoms with Gasteiger partial charge in [-0.05, 0) is 28.4 Å². The summed E-state index contributed by atoms with van der Waals surface area (Å²) >= 11 is 0. The van der Waals surface area contributed by atoms with Crippen LogP contribution in [0.4, 0.5) is 0 Å². The minimum atomic E-state index is -2.57. The van der Waals surface area contributed by atoms with Crippen molar-refractivity contribution in [1.29, 1.82) is 0 Å². The molecule has 2 nitrogen and oxygen atoms in total. The minimum absolute atomic E-state index is 0.0370. The quantitative estimate of drug-likeness (QED) is 0.270. The van der Waals surface area contributed by atoms with Gasteiger partial charge in [0.15, 0.2) is 12.7 Å². The topological polar surface area (TPSA) is 13.1 Å². The molecule has 0 saturated heterocycles. The van der Waals surface area contributed by atoms with Crippen molar-refractivity contribution in [2.24, 2.45) is 0 Å². The zero-order valence-corrected chi connectivity index (χ0v) is 21.2. The lowest BCUT2D eigenvalue weighted by Gasteiger charge is -2.42. The Kier molecular flexibility index (Phi) is 6.92. The summed E-state index contributed by atoms with van der Waals surface area (Å²) < 4.78 is 9.52. The fourth-order valence-electron chi connectivity index (χ4n) is 4.70. The predicted molar refractivity (Wildman–Crippen MR) is 139 cm³/mol. The molecule has 0 bridgehead atoms. The summed E-state index contributed by atoms with van der Waals surface area (Å²) in [5, 5.41) is 2.58. The summed E-state index contributed by atoms with van der Waals surface area (Å²) in [6, 6.07) is 36.7. The second-order valence-corrected chi connectivity index (χ2v) is 14.1. The molecule has 0 aliphatic carbocycles. The average molecular weight is 453 g/mol. The molecular formula is C30H34NOSi+. The highest BCUT2D eigenvalue weighted by Crippen LogP contribution is 2.37. The maximum atomic E-state index is 7.19. The zero-order valence-electron chi connectivity index (χ0n) is 20.2. The Labute approximate surface area is 199 Å². The first-order valence-electron chi connectivity index (χ1n) is 11.7. The summed E-state index contributed by atoms with van der Waals surface area (Å²) in [6.45, 7) is 10.5. The molecule has 0 saturated carbocycles. The van der Waals surface area contributed by atoms with Gasteiger partial charge in [0.05, 0.1) is 0 Å². The van der Waals surface area contributed by atoms with Crippen molar-refractivity contribution >= 4 is 18.7 Å². The van der Waals surface area contributed by atoms with Gasteiger partial charge in [0, 0.05) is 17.2 Å². The lowest BCUT2D eigenvalue weighted by molar-refractivity contribution is -0.697. The number of benzene rings is 3. The van der Waals surface area contributed by atoms with Crippen LogP contribution in [0.25, 0.3) is 0 Å². The van der Waals surface area contributed by atoms with Gasteiger partial charge in [0.2, 0.25) is 5.69 Å². The van der Waals surface area contributed by atoms with Crippen LogP contribution in [0, 0.1) is 6.92 Å². The van der Waals surface area contributed by atoms with Gasteiger partial charge in [0.1, 0.15) is 6.61 Å². The van der Waals surface area contributed by atoms with Gasteiger partial charge in [-0.2, -0.15) is 4.57 Å². The normalized spacial score (nSPS) is 12.0. The van der Waals surface area contributed by atoms with Crippen molar-refractivity contribution in [3.63, 3.8) is 0 Å². The van der Waals surface area contributed by atoms with Gasteiger partial charge < -0.3 is 4.43 Å². The summed E-state index contributed by atoms with van der Waals surface area (Å²) in [6.07, 6.45) is 2.23. The third-order valence-corrected chi connectivity index (χ3v) is 11.3. The molecule has 1 heterocycles. The molecule has 0 spiro atoms. The minimum Gasteiger partial charge on any atom is -0.397 e. The highest BCUT2D eigenvalue weighted by atomic mass is 28.4. The molecule has 33 heavy (non-hydrogen) atoms. The van der Waals surface area contributed by atoms with Crippen LogP contribution in [0.2, 0.25) is 5.04 Å². The van der Waals surface area contributed by atoms with E-state index in [1.807, 2.05) is 0 Å². The van der Waals surface area contributed by atoms with Gasteiger partial charge in [0.25, 0.3) is 8.32 Å². The molecule has 0 atom stereocenters. The molecule has 3 heteroatoms. The Balaban J connectivity index is 1.76. The fourth-order valence-corrected chi connectivity index (χ4v) is 9.22. The third kappa shape index (κ3) is 5.00. The highest BCUT2D eigenvalue weighted by Gasteiger charge is 2.50. The molecule has 0 aliphatic rings. The number of pyridine rings is 1. The molecule has 0 aliphatic heterocycles. The Bertz CT molecular complexity index is 1130. The SMILES string of the molecule is Cc1ccc(CO[Si](c2ccccc2)(c2ccccc2)C(C)(C)C)[n+](Cc2ccccc2)c1. The van der Waals surface area contributed by atoms with Crippen LogP contribution in [-0.4, -0.2) is 8.32 Å². The van der Waals surface area contributed by atoms with Gasteiger partial charge >= 0.3 is 0 Å². The van der Waals surface area contributed by atoms with Gasteiger partial charge in [-0.15, -0.1) is 0 Å². The molecule has 168 valence electrons. The van der Waals surface area contributed by atoms with Crippen LogP contribution >= 0.6 is 0 Å². The molecule has 3 aromatic carbocycles. The van der Waals surface area contributed by atoms with E-state index in [2.05, 4.69) is 142 Å². The van der Waals surface area contributed by atoms with E-state index >= 15 is 0 Å². The maximum absolute atomic E-state index is 7.19.